The second-order valence-corrected chi connectivity index (χ2v) is 8.93. The van der Waals surface area contributed by atoms with Gasteiger partial charge in [-0.25, -0.2) is 0 Å². The van der Waals surface area contributed by atoms with Crippen molar-refractivity contribution in [1.82, 2.24) is 0 Å². The summed E-state index contributed by atoms with van der Waals surface area (Å²) in [4.78, 5) is 0. The average molecular weight is 290 g/mol. The molecule has 1 aliphatic carbocycles. The van der Waals surface area contributed by atoms with Crippen LogP contribution in [0.3, 0.4) is 0 Å². The van der Waals surface area contributed by atoms with Gasteiger partial charge in [0.05, 0.1) is 0 Å². The molecule has 1 unspecified atom stereocenters. The van der Waals surface area contributed by atoms with E-state index in [-0.39, 0.29) is 7.92 Å². The van der Waals surface area contributed by atoms with E-state index in [1.165, 1.54) is 63.9 Å². The fourth-order valence-electron chi connectivity index (χ4n) is 3.49. The molecule has 0 aromatic heterocycles. The monoisotopic (exact) mass is 290 g/mol. The van der Waals surface area contributed by atoms with Gasteiger partial charge >= 0.3 is 0 Å². The van der Waals surface area contributed by atoms with Gasteiger partial charge in [0.15, 0.2) is 0 Å². The molecule has 1 aromatic carbocycles. The van der Waals surface area contributed by atoms with Crippen LogP contribution in [-0.2, 0) is 0 Å². The van der Waals surface area contributed by atoms with Crippen LogP contribution in [0.2, 0.25) is 0 Å². The zero-order valence-corrected chi connectivity index (χ0v) is 14.3. The van der Waals surface area contributed by atoms with E-state index in [2.05, 4.69) is 38.1 Å². The van der Waals surface area contributed by atoms with Crippen molar-refractivity contribution in [3.05, 3.63) is 29.8 Å². The number of benzene rings is 1. The lowest BCUT2D eigenvalue weighted by Crippen LogP contribution is -2.20. The highest BCUT2D eigenvalue weighted by molar-refractivity contribution is 7.66. The molecule has 1 fully saturated rings. The molecule has 1 aromatic rings. The molecule has 1 atom stereocenters. The first-order valence-electron chi connectivity index (χ1n) is 8.65. The normalized spacial score (nSPS) is 18.1. The number of aryl methyl sites for hydroxylation is 1. The Kier molecular flexibility index (Phi) is 7.08. The highest BCUT2D eigenvalue weighted by atomic mass is 31.1. The Morgan fingerprint density at radius 2 is 1.75 bits per heavy atom. The lowest BCUT2D eigenvalue weighted by molar-refractivity contribution is 0.511. The Morgan fingerprint density at radius 3 is 2.45 bits per heavy atom. The van der Waals surface area contributed by atoms with Crippen molar-refractivity contribution in [1.29, 1.82) is 0 Å². The Balaban J connectivity index is 2.04. The third-order valence-electron chi connectivity index (χ3n) is 4.69. The van der Waals surface area contributed by atoms with Gasteiger partial charge in [-0.15, -0.1) is 0 Å². The van der Waals surface area contributed by atoms with Gasteiger partial charge in [-0.05, 0) is 48.9 Å². The molecule has 0 spiro atoms. The first-order chi connectivity index (χ1) is 9.83. The van der Waals surface area contributed by atoms with Crippen molar-refractivity contribution in [3.63, 3.8) is 0 Å². The van der Waals surface area contributed by atoms with Gasteiger partial charge in [0.25, 0.3) is 0 Å². The fourth-order valence-corrected chi connectivity index (χ4v) is 6.84. The minimum absolute atomic E-state index is 0.0886. The topological polar surface area (TPSA) is 0 Å². The minimum Gasteiger partial charge on any atom is -0.0719 e. The van der Waals surface area contributed by atoms with E-state index >= 15 is 0 Å². The summed E-state index contributed by atoms with van der Waals surface area (Å²) in [6.07, 6.45) is 14.6. The molecule has 0 N–H and O–H groups in total. The summed E-state index contributed by atoms with van der Waals surface area (Å²) >= 11 is 0. The molecular formula is C19H31P. The van der Waals surface area contributed by atoms with E-state index < -0.39 is 0 Å². The molecule has 1 aliphatic rings. The summed E-state index contributed by atoms with van der Waals surface area (Å²) in [7, 11) is 0.0886. The Labute approximate surface area is 127 Å². The molecule has 20 heavy (non-hydrogen) atoms. The Hall–Kier alpha value is -0.350. The van der Waals surface area contributed by atoms with Crippen LogP contribution in [0.15, 0.2) is 24.3 Å². The number of unbranched alkanes of at least 4 members (excludes halogenated alkanes) is 3. The molecule has 0 aliphatic heterocycles. The molecule has 0 bridgehead atoms. The molecular weight excluding hydrogens is 259 g/mol. The molecule has 1 saturated carbocycles. The van der Waals surface area contributed by atoms with Crippen LogP contribution >= 0.6 is 7.92 Å². The molecule has 112 valence electrons. The molecule has 0 saturated heterocycles. The van der Waals surface area contributed by atoms with Gasteiger partial charge < -0.3 is 0 Å². The molecule has 0 nitrogen and oxygen atoms in total. The van der Waals surface area contributed by atoms with Crippen LogP contribution in [0.25, 0.3) is 0 Å². The third-order valence-corrected chi connectivity index (χ3v) is 8.01. The highest BCUT2D eigenvalue weighted by Gasteiger charge is 2.25. The van der Waals surface area contributed by atoms with E-state index in [0.29, 0.717) is 0 Å². The zero-order chi connectivity index (χ0) is 14.2. The van der Waals surface area contributed by atoms with E-state index in [1.807, 2.05) is 0 Å². The Morgan fingerprint density at radius 1 is 1.00 bits per heavy atom. The predicted molar refractivity (Wildman–Crippen MR) is 93.6 cm³/mol. The molecule has 1 heteroatoms. The van der Waals surface area contributed by atoms with Crippen molar-refractivity contribution >= 4 is 13.2 Å². The molecule has 0 heterocycles. The van der Waals surface area contributed by atoms with Crippen molar-refractivity contribution < 1.29 is 0 Å². The van der Waals surface area contributed by atoms with E-state index in [4.69, 9.17) is 0 Å². The number of hydrogen-bond donors (Lipinski definition) is 0. The van der Waals surface area contributed by atoms with E-state index in [0.717, 1.165) is 5.66 Å². The van der Waals surface area contributed by atoms with Crippen LogP contribution < -0.4 is 5.30 Å². The first kappa shape index (κ1) is 16.0. The van der Waals surface area contributed by atoms with Crippen molar-refractivity contribution in [2.75, 3.05) is 6.16 Å². The van der Waals surface area contributed by atoms with Crippen molar-refractivity contribution in [2.24, 2.45) is 0 Å². The predicted octanol–water partition coefficient (Wildman–Crippen LogP) is 6.02. The smallest absolute Gasteiger partial charge is 0.0169 e. The maximum atomic E-state index is 2.43. The van der Waals surface area contributed by atoms with Gasteiger partial charge in [-0.2, -0.15) is 0 Å². The summed E-state index contributed by atoms with van der Waals surface area (Å²) in [5.74, 6) is 0. The van der Waals surface area contributed by atoms with E-state index in [1.54, 1.807) is 10.9 Å². The van der Waals surface area contributed by atoms with Crippen LogP contribution in [0.1, 0.15) is 70.3 Å². The standard InChI is InChI=1S/C19H31P/c1-3-4-5-11-16-20(18-13-7-6-8-14-18)19-15-10-9-12-17(19)2/h9-10,12,15,18H,3-8,11,13-14,16H2,1-2H3. The fraction of sp³-hybridized carbons (Fsp3) is 0.684. The maximum absolute atomic E-state index is 2.43. The lowest BCUT2D eigenvalue weighted by atomic mass is 10.0. The third kappa shape index (κ3) is 4.59. The number of hydrogen-bond acceptors (Lipinski definition) is 0. The lowest BCUT2D eigenvalue weighted by Gasteiger charge is -2.32. The number of rotatable bonds is 7. The summed E-state index contributed by atoms with van der Waals surface area (Å²) in [6.45, 7) is 4.63. The molecule has 0 amide bonds. The van der Waals surface area contributed by atoms with Crippen LogP contribution in [0.5, 0.6) is 0 Å². The van der Waals surface area contributed by atoms with Crippen LogP contribution in [0.4, 0.5) is 0 Å². The zero-order valence-electron chi connectivity index (χ0n) is 13.4. The minimum atomic E-state index is 0.0886. The second-order valence-electron chi connectivity index (χ2n) is 6.33. The van der Waals surface area contributed by atoms with Crippen molar-refractivity contribution in [3.8, 4) is 0 Å². The molecule has 0 radical (unpaired) electrons. The van der Waals surface area contributed by atoms with E-state index in [9.17, 15) is 0 Å². The second kappa shape index (κ2) is 8.83. The van der Waals surface area contributed by atoms with Gasteiger partial charge in [0, 0.05) is 0 Å². The summed E-state index contributed by atoms with van der Waals surface area (Å²) in [5.41, 5.74) is 2.56. The summed E-state index contributed by atoms with van der Waals surface area (Å²) in [6, 6.07) is 9.20. The van der Waals surface area contributed by atoms with Crippen molar-refractivity contribution in [2.45, 2.75) is 77.3 Å². The van der Waals surface area contributed by atoms with Gasteiger partial charge in [0.1, 0.15) is 0 Å². The van der Waals surface area contributed by atoms with Crippen LogP contribution in [-0.4, -0.2) is 11.8 Å². The van der Waals surface area contributed by atoms with Gasteiger partial charge in [-0.1, -0.05) is 77.6 Å². The molecule has 2 rings (SSSR count). The quantitative estimate of drug-likeness (QED) is 0.426. The van der Waals surface area contributed by atoms with Crippen LogP contribution in [0, 0.1) is 6.92 Å². The van der Waals surface area contributed by atoms with Gasteiger partial charge in [-0.3, -0.25) is 0 Å². The summed E-state index contributed by atoms with van der Waals surface area (Å²) < 4.78 is 0. The average Bonchev–Trinajstić information content (AvgIpc) is 2.49. The van der Waals surface area contributed by atoms with Gasteiger partial charge in [0.2, 0.25) is 0 Å². The Bertz CT molecular complexity index is 379. The summed E-state index contributed by atoms with van der Waals surface area (Å²) in [5, 5.41) is 1.71. The highest BCUT2D eigenvalue weighted by Crippen LogP contribution is 2.48. The SMILES string of the molecule is CCCCCCP(c1ccccc1C)C1CCCCC1. The first-order valence-corrected chi connectivity index (χ1v) is 10.2. The largest absolute Gasteiger partial charge is 0.0719 e. The maximum Gasteiger partial charge on any atom is -0.0169 e.